The monoisotopic (exact) mass is 394 g/mol. The number of nitrogens with one attached hydrogen (secondary N) is 1. The third-order valence-electron chi connectivity index (χ3n) is 5.06. The zero-order chi connectivity index (χ0) is 20.2. The van der Waals surface area contributed by atoms with Crippen molar-refractivity contribution in [2.24, 2.45) is 0 Å². The molecule has 0 atom stereocenters. The summed E-state index contributed by atoms with van der Waals surface area (Å²) in [5.74, 6) is 0.405. The van der Waals surface area contributed by atoms with Crippen LogP contribution in [0.2, 0.25) is 0 Å². The van der Waals surface area contributed by atoms with Crippen LogP contribution in [-0.2, 0) is 9.59 Å². The van der Waals surface area contributed by atoms with Crippen LogP contribution < -0.4 is 15.7 Å². The fraction of sp³-hybridized carbons (Fsp3) is 0.318. The van der Waals surface area contributed by atoms with Crippen molar-refractivity contribution >= 4 is 33.6 Å². The first-order valence-electron chi connectivity index (χ1n) is 9.75. The smallest absolute Gasteiger partial charge is 0.344 e. The molecule has 150 valence electrons. The molecule has 2 aromatic carbocycles. The average Bonchev–Trinajstić information content (AvgIpc) is 3.14. The van der Waals surface area contributed by atoms with Gasteiger partial charge >= 0.3 is 5.63 Å². The highest BCUT2D eigenvalue weighted by atomic mass is 16.5. The Morgan fingerprint density at radius 2 is 1.93 bits per heavy atom. The molecule has 2 amide bonds. The number of amides is 2. The lowest BCUT2D eigenvalue weighted by atomic mass is 10.1. The summed E-state index contributed by atoms with van der Waals surface area (Å²) >= 11 is 0. The topological polar surface area (TPSA) is 88.8 Å². The van der Waals surface area contributed by atoms with Gasteiger partial charge in [0.2, 0.25) is 5.91 Å². The summed E-state index contributed by atoms with van der Waals surface area (Å²) < 4.78 is 10.9. The zero-order valence-electron chi connectivity index (χ0n) is 16.0. The SMILES string of the molecule is O=C(COc1ccc2c(c1)oc(=O)c1ccccc12)NCCCN1CCCC1=O. The molecular weight excluding hydrogens is 372 g/mol. The van der Waals surface area contributed by atoms with Crippen LogP contribution in [0, 0.1) is 0 Å². The minimum Gasteiger partial charge on any atom is -0.484 e. The van der Waals surface area contributed by atoms with Crippen LogP contribution >= 0.6 is 0 Å². The molecule has 0 radical (unpaired) electrons. The fourth-order valence-corrected chi connectivity index (χ4v) is 3.59. The molecule has 1 N–H and O–H groups in total. The van der Waals surface area contributed by atoms with Gasteiger partial charge in [0, 0.05) is 37.5 Å². The Balaban J connectivity index is 1.32. The quantitative estimate of drug-likeness (QED) is 0.378. The van der Waals surface area contributed by atoms with Gasteiger partial charge in [-0.15, -0.1) is 0 Å². The molecule has 1 fully saturated rings. The highest BCUT2D eigenvalue weighted by Gasteiger charge is 2.19. The lowest BCUT2D eigenvalue weighted by molar-refractivity contribution is -0.127. The van der Waals surface area contributed by atoms with Gasteiger partial charge in [-0.05, 0) is 36.4 Å². The van der Waals surface area contributed by atoms with Crippen molar-refractivity contribution in [3.8, 4) is 5.75 Å². The molecule has 7 heteroatoms. The normalized spacial score (nSPS) is 13.9. The molecule has 1 aliphatic heterocycles. The Bertz CT molecular complexity index is 1120. The maximum Gasteiger partial charge on any atom is 0.344 e. The predicted octanol–water partition coefficient (Wildman–Crippen LogP) is 2.45. The van der Waals surface area contributed by atoms with Gasteiger partial charge < -0.3 is 19.4 Å². The first kappa shape index (κ1) is 19.0. The van der Waals surface area contributed by atoms with Gasteiger partial charge in [0.15, 0.2) is 6.61 Å². The maximum absolute atomic E-state index is 12.1. The molecule has 0 aliphatic carbocycles. The van der Waals surface area contributed by atoms with Crippen LogP contribution in [0.5, 0.6) is 5.75 Å². The molecule has 2 heterocycles. The van der Waals surface area contributed by atoms with Gasteiger partial charge in [0.25, 0.3) is 5.91 Å². The van der Waals surface area contributed by atoms with Crippen molar-refractivity contribution in [2.45, 2.75) is 19.3 Å². The summed E-state index contributed by atoms with van der Waals surface area (Å²) in [6.45, 7) is 1.83. The summed E-state index contributed by atoms with van der Waals surface area (Å²) in [4.78, 5) is 37.5. The highest BCUT2D eigenvalue weighted by Crippen LogP contribution is 2.26. The van der Waals surface area contributed by atoms with Crippen molar-refractivity contribution < 1.29 is 18.7 Å². The molecule has 1 aliphatic rings. The number of hydrogen-bond donors (Lipinski definition) is 1. The van der Waals surface area contributed by atoms with Crippen LogP contribution in [0.3, 0.4) is 0 Å². The van der Waals surface area contributed by atoms with E-state index in [1.165, 1.54) is 0 Å². The van der Waals surface area contributed by atoms with E-state index in [0.717, 1.165) is 23.7 Å². The zero-order valence-corrected chi connectivity index (χ0v) is 16.0. The summed E-state index contributed by atoms with van der Waals surface area (Å²) in [6.07, 6.45) is 2.26. The van der Waals surface area contributed by atoms with E-state index in [0.29, 0.717) is 42.6 Å². The Labute approximate surface area is 167 Å². The third-order valence-corrected chi connectivity index (χ3v) is 5.06. The van der Waals surface area contributed by atoms with E-state index >= 15 is 0 Å². The second kappa shape index (κ2) is 8.34. The van der Waals surface area contributed by atoms with E-state index in [1.54, 1.807) is 24.3 Å². The van der Waals surface area contributed by atoms with Crippen LogP contribution in [0.15, 0.2) is 51.7 Å². The Morgan fingerprint density at radius 1 is 1.10 bits per heavy atom. The highest BCUT2D eigenvalue weighted by molar-refractivity contribution is 6.04. The number of carbonyl (C=O) groups excluding carboxylic acids is 2. The van der Waals surface area contributed by atoms with Crippen LogP contribution in [0.4, 0.5) is 0 Å². The molecule has 1 aromatic heterocycles. The van der Waals surface area contributed by atoms with Gasteiger partial charge in [-0.1, -0.05) is 18.2 Å². The Hall–Kier alpha value is -3.35. The average molecular weight is 394 g/mol. The van der Waals surface area contributed by atoms with Crippen molar-refractivity contribution in [3.63, 3.8) is 0 Å². The van der Waals surface area contributed by atoms with Crippen LogP contribution in [0.1, 0.15) is 19.3 Å². The minimum atomic E-state index is -0.403. The summed E-state index contributed by atoms with van der Waals surface area (Å²) in [5.41, 5.74) is 0.0152. The summed E-state index contributed by atoms with van der Waals surface area (Å²) in [7, 11) is 0. The first-order chi connectivity index (χ1) is 14.1. The number of nitrogens with zero attached hydrogens (tertiary/aromatic N) is 1. The van der Waals surface area contributed by atoms with E-state index in [1.807, 2.05) is 23.1 Å². The molecular formula is C22H22N2O5. The van der Waals surface area contributed by atoms with Crippen molar-refractivity contribution in [3.05, 3.63) is 52.9 Å². The fourth-order valence-electron chi connectivity index (χ4n) is 3.59. The Morgan fingerprint density at radius 3 is 2.72 bits per heavy atom. The second-order valence-corrected chi connectivity index (χ2v) is 7.07. The Kier molecular flexibility index (Phi) is 5.46. The van der Waals surface area contributed by atoms with Gasteiger partial charge in [0.05, 0.1) is 5.39 Å². The number of ether oxygens (including phenoxy) is 1. The molecule has 0 bridgehead atoms. The number of likely N-dealkylation sites (tertiary alicyclic amines) is 1. The standard InChI is InChI=1S/C22H22N2O5/c25-20(23-10-4-12-24-11-3-7-21(24)26)14-28-15-8-9-17-16-5-1-2-6-18(16)22(27)29-19(17)13-15/h1-2,5-6,8-9,13H,3-4,7,10-12,14H2,(H,23,25). The number of fused-ring (bicyclic) bond motifs is 3. The number of benzene rings is 2. The molecule has 0 saturated carbocycles. The summed E-state index contributed by atoms with van der Waals surface area (Å²) in [5, 5.41) is 4.95. The second-order valence-electron chi connectivity index (χ2n) is 7.07. The maximum atomic E-state index is 12.1. The van der Waals surface area contributed by atoms with E-state index in [2.05, 4.69) is 5.32 Å². The van der Waals surface area contributed by atoms with Gasteiger partial charge in [-0.2, -0.15) is 0 Å². The van der Waals surface area contributed by atoms with Crippen LogP contribution in [-0.4, -0.2) is 43.0 Å². The van der Waals surface area contributed by atoms with E-state index in [-0.39, 0.29) is 18.4 Å². The van der Waals surface area contributed by atoms with E-state index in [9.17, 15) is 14.4 Å². The number of hydrogen-bond acceptors (Lipinski definition) is 5. The first-order valence-corrected chi connectivity index (χ1v) is 9.75. The molecule has 7 nitrogen and oxygen atoms in total. The predicted molar refractivity (Wildman–Crippen MR) is 109 cm³/mol. The van der Waals surface area contributed by atoms with E-state index in [4.69, 9.17) is 9.15 Å². The molecule has 3 aromatic rings. The molecule has 29 heavy (non-hydrogen) atoms. The largest absolute Gasteiger partial charge is 0.484 e. The van der Waals surface area contributed by atoms with Crippen molar-refractivity contribution in [1.82, 2.24) is 10.2 Å². The van der Waals surface area contributed by atoms with E-state index < -0.39 is 5.63 Å². The molecule has 0 spiro atoms. The minimum absolute atomic E-state index is 0.133. The number of carbonyl (C=O) groups is 2. The number of rotatable bonds is 7. The molecule has 4 rings (SSSR count). The summed E-state index contributed by atoms with van der Waals surface area (Å²) in [6, 6.07) is 12.5. The third kappa shape index (κ3) is 4.23. The molecule has 1 saturated heterocycles. The van der Waals surface area contributed by atoms with Crippen molar-refractivity contribution in [1.29, 1.82) is 0 Å². The van der Waals surface area contributed by atoms with Gasteiger partial charge in [-0.3, -0.25) is 9.59 Å². The van der Waals surface area contributed by atoms with Crippen molar-refractivity contribution in [2.75, 3.05) is 26.2 Å². The van der Waals surface area contributed by atoms with Gasteiger partial charge in [0.1, 0.15) is 11.3 Å². The molecule has 0 unspecified atom stereocenters. The lowest BCUT2D eigenvalue weighted by Gasteiger charge is -2.15. The lowest BCUT2D eigenvalue weighted by Crippen LogP contribution is -2.33. The van der Waals surface area contributed by atoms with Crippen LogP contribution in [0.25, 0.3) is 21.7 Å². The van der Waals surface area contributed by atoms with Gasteiger partial charge in [-0.25, -0.2) is 4.79 Å².